The second-order valence-corrected chi connectivity index (χ2v) is 8.07. The number of hydrogen-bond acceptors (Lipinski definition) is 6. The molecule has 0 radical (unpaired) electrons. The third kappa shape index (κ3) is 5.20. The Hall–Kier alpha value is -2.83. The number of pyridine rings is 2. The Kier molecular flexibility index (Phi) is 6.67. The third-order valence-corrected chi connectivity index (χ3v) is 5.83. The lowest BCUT2D eigenvalue weighted by molar-refractivity contribution is -0.137. The van der Waals surface area contributed by atoms with Crippen LogP contribution < -0.4 is 14.8 Å². The molecule has 0 aromatic carbocycles. The van der Waals surface area contributed by atoms with Crippen molar-refractivity contribution >= 4 is 11.8 Å². The molecule has 1 unspecified atom stereocenters. The fourth-order valence-corrected chi connectivity index (χ4v) is 4.19. The van der Waals surface area contributed by atoms with Crippen LogP contribution in [0.15, 0.2) is 24.4 Å². The van der Waals surface area contributed by atoms with Crippen LogP contribution in [0.5, 0.6) is 11.6 Å². The molecule has 30 heavy (non-hydrogen) atoms. The summed E-state index contributed by atoms with van der Waals surface area (Å²) in [5, 5.41) is 12.7. The summed E-state index contributed by atoms with van der Waals surface area (Å²) < 4.78 is 10.6. The van der Waals surface area contributed by atoms with Crippen molar-refractivity contribution in [3.63, 3.8) is 0 Å². The minimum atomic E-state index is -0.787. The second kappa shape index (κ2) is 9.78. The van der Waals surface area contributed by atoms with Crippen molar-refractivity contribution < 1.29 is 19.4 Å². The predicted octanol–water partition coefficient (Wildman–Crippen LogP) is 4.31. The Morgan fingerprint density at radius 2 is 2.10 bits per heavy atom. The van der Waals surface area contributed by atoms with Crippen molar-refractivity contribution in [2.24, 2.45) is 0 Å². The normalized spacial score (nSPS) is 15.3. The predicted molar refractivity (Wildman–Crippen MR) is 113 cm³/mol. The Morgan fingerprint density at radius 1 is 1.20 bits per heavy atom. The zero-order valence-electron chi connectivity index (χ0n) is 17.2. The van der Waals surface area contributed by atoms with Crippen molar-refractivity contribution in [3.05, 3.63) is 41.2 Å². The quantitative estimate of drug-likeness (QED) is 0.563. The minimum Gasteiger partial charge on any atom is -0.481 e. The number of nitrogens with zero attached hydrogens (tertiary/aromatic N) is 2. The van der Waals surface area contributed by atoms with Crippen molar-refractivity contribution in [2.45, 2.75) is 63.7 Å². The zero-order valence-corrected chi connectivity index (χ0v) is 17.2. The summed E-state index contributed by atoms with van der Waals surface area (Å²) in [5.41, 5.74) is 3.39. The molecule has 0 spiro atoms. The van der Waals surface area contributed by atoms with Gasteiger partial charge >= 0.3 is 5.97 Å². The maximum Gasteiger partial charge on any atom is 0.303 e. The molecule has 2 aromatic heterocycles. The molecule has 0 fully saturated rings. The summed E-state index contributed by atoms with van der Waals surface area (Å²) in [4.78, 5) is 20.3. The van der Waals surface area contributed by atoms with Crippen LogP contribution in [0, 0.1) is 0 Å². The number of carboxylic acid groups (broad SMARTS) is 1. The Morgan fingerprint density at radius 3 is 3.00 bits per heavy atom. The van der Waals surface area contributed by atoms with E-state index in [0.717, 1.165) is 68.6 Å². The average molecular weight is 412 g/mol. The monoisotopic (exact) mass is 411 g/mol. The fourth-order valence-electron chi connectivity index (χ4n) is 4.19. The molecule has 2 aliphatic rings. The number of rotatable bonds is 10. The fraction of sp³-hybridized carbons (Fsp3) is 0.522. The number of ether oxygens (including phenoxy) is 2. The summed E-state index contributed by atoms with van der Waals surface area (Å²) in [6.45, 7) is 1.18. The molecule has 2 N–H and O–H groups in total. The van der Waals surface area contributed by atoms with Crippen LogP contribution in [-0.4, -0.2) is 34.4 Å². The van der Waals surface area contributed by atoms with E-state index in [4.69, 9.17) is 14.5 Å². The van der Waals surface area contributed by atoms with Gasteiger partial charge in [0.1, 0.15) is 5.82 Å². The highest BCUT2D eigenvalue weighted by Crippen LogP contribution is 2.35. The SMILES string of the molecule is O=C(O)CC(CCCCCCc1ccc2c(n1)NCCC2)c1cnc2c(c1)OCO2. The van der Waals surface area contributed by atoms with Gasteiger partial charge in [0.2, 0.25) is 6.79 Å². The Bertz CT molecular complexity index is 887. The molecular formula is C23H29N3O4. The molecule has 4 rings (SSSR count). The van der Waals surface area contributed by atoms with Crippen LogP contribution in [-0.2, 0) is 17.6 Å². The van der Waals surface area contributed by atoms with Crippen molar-refractivity contribution in [3.8, 4) is 11.6 Å². The van der Waals surface area contributed by atoms with Gasteiger partial charge in [-0.15, -0.1) is 0 Å². The van der Waals surface area contributed by atoms with Gasteiger partial charge < -0.3 is 19.9 Å². The highest BCUT2D eigenvalue weighted by atomic mass is 16.7. The van der Waals surface area contributed by atoms with Gasteiger partial charge in [0.25, 0.3) is 5.88 Å². The first kappa shape index (κ1) is 20.4. The lowest BCUT2D eigenvalue weighted by atomic mass is 9.91. The number of aromatic nitrogens is 2. The van der Waals surface area contributed by atoms with Gasteiger partial charge in [0.05, 0.1) is 6.42 Å². The van der Waals surface area contributed by atoms with Gasteiger partial charge in [-0.3, -0.25) is 4.79 Å². The zero-order chi connectivity index (χ0) is 20.8. The van der Waals surface area contributed by atoms with E-state index in [1.807, 2.05) is 6.07 Å². The molecule has 2 aliphatic heterocycles. The van der Waals surface area contributed by atoms with Crippen LogP contribution in [0.3, 0.4) is 0 Å². The summed E-state index contributed by atoms with van der Waals surface area (Å²) in [6.07, 6.45) is 10.2. The van der Waals surface area contributed by atoms with Crippen LogP contribution in [0.4, 0.5) is 5.82 Å². The van der Waals surface area contributed by atoms with Gasteiger partial charge in [-0.25, -0.2) is 9.97 Å². The molecule has 0 bridgehead atoms. The van der Waals surface area contributed by atoms with Crippen molar-refractivity contribution in [1.82, 2.24) is 9.97 Å². The number of anilines is 1. The molecule has 7 heteroatoms. The van der Waals surface area contributed by atoms with E-state index in [0.29, 0.717) is 11.6 Å². The number of hydrogen-bond donors (Lipinski definition) is 2. The Balaban J connectivity index is 1.22. The average Bonchev–Trinajstić information content (AvgIpc) is 3.23. The topological polar surface area (TPSA) is 93.6 Å². The molecule has 0 saturated carbocycles. The van der Waals surface area contributed by atoms with E-state index >= 15 is 0 Å². The van der Waals surface area contributed by atoms with E-state index in [2.05, 4.69) is 22.4 Å². The number of carboxylic acids is 1. The van der Waals surface area contributed by atoms with Crippen LogP contribution in [0.2, 0.25) is 0 Å². The number of fused-ring (bicyclic) bond motifs is 2. The standard InChI is InChI=1S/C23H29N3O4/c27-21(28)13-17(18-12-20-23(25-14-18)30-15-29-20)6-3-1-2-4-8-19-10-9-16-7-5-11-24-22(16)26-19/h9-10,12,14,17H,1-8,11,13,15H2,(H,24,26)(H,27,28). The van der Waals surface area contributed by atoms with E-state index < -0.39 is 5.97 Å². The summed E-state index contributed by atoms with van der Waals surface area (Å²) in [6, 6.07) is 6.24. The van der Waals surface area contributed by atoms with Gasteiger partial charge in [-0.2, -0.15) is 0 Å². The van der Waals surface area contributed by atoms with E-state index in [-0.39, 0.29) is 19.1 Å². The van der Waals surface area contributed by atoms with E-state index in [1.165, 1.54) is 12.0 Å². The maximum atomic E-state index is 11.3. The molecule has 2 aromatic rings. The number of unbranched alkanes of at least 4 members (excludes halogenated alkanes) is 3. The second-order valence-electron chi connectivity index (χ2n) is 8.07. The van der Waals surface area contributed by atoms with Crippen LogP contribution >= 0.6 is 0 Å². The molecule has 7 nitrogen and oxygen atoms in total. The molecular weight excluding hydrogens is 382 g/mol. The molecule has 160 valence electrons. The molecule has 4 heterocycles. The maximum absolute atomic E-state index is 11.3. The summed E-state index contributed by atoms with van der Waals surface area (Å²) in [5.74, 6) is 1.31. The first-order valence-electron chi connectivity index (χ1n) is 10.9. The minimum absolute atomic E-state index is 0.0575. The molecule has 0 aliphatic carbocycles. The first-order chi connectivity index (χ1) is 14.7. The van der Waals surface area contributed by atoms with Crippen molar-refractivity contribution in [1.29, 1.82) is 0 Å². The summed E-state index contributed by atoms with van der Waals surface area (Å²) >= 11 is 0. The van der Waals surface area contributed by atoms with Gasteiger partial charge in [-0.05, 0) is 61.3 Å². The van der Waals surface area contributed by atoms with Crippen molar-refractivity contribution in [2.75, 3.05) is 18.7 Å². The number of aryl methyl sites for hydroxylation is 2. The number of aliphatic carboxylic acids is 1. The van der Waals surface area contributed by atoms with Gasteiger partial charge in [-0.1, -0.05) is 25.3 Å². The molecule has 1 atom stereocenters. The highest BCUT2D eigenvalue weighted by molar-refractivity contribution is 5.68. The smallest absolute Gasteiger partial charge is 0.303 e. The van der Waals surface area contributed by atoms with Crippen LogP contribution in [0.25, 0.3) is 0 Å². The summed E-state index contributed by atoms with van der Waals surface area (Å²) in [7, 11) is 0. The largest absolute Gasteiger partial charge is 0.481 e. The molecule has 0 saturated heterocycles. The molecule has 0 amide bonds. The van der Waals surface area contributed by atoms with Gasteiger partial charge in [0, 0.05) is 18.4 Å². The van der Waals surface area contributed by atoms with Crippen LogP contribution in [0.1, 0.15) is 67.7 Å². The van der Waals surface area contributed by atoms with E-state index in [1.54, 1.807) is 6.20 Å². The first-order valence-corrected chi connectivity index (χ1v) is 10.9. The lowest BCUT2D eigenvalue weighted by Gasteiger charge is -2.17. The van der Waals surface area contributed by atoms with E-state index in [9.17, 15) is 9.90 Å². The number of carbonyl (C=O) groups is 1. The highest BCUT2D eigenvalue weighted by Gasteiger charge is 2.21. The lowest BCUT2D eigenvalue weighted by Crippen LogP contribution is -2.13. The Labute approximate surface area is 176 Å². The number of nitrogens with one attached hydrogen (secondary N) is 1. The van der Waals surface area contributed by atoms with Gasteiger partial charge in [0.15, 0.2) is 5.75 Å². The third-order valence-electron chi connectivity index (χ3n) is 5.83.